The van der Waals surface area contributed by atoms with Crippen molar-refractivity contribution in [1.82, 2.24) is 5.32 Å². The number of fused-ring (bicyclic) bond motifs is 1. The summed E-state index contributed by atoms with van der Waals surface area (Å²) in [6.07, 6.45) is 14.1. The van der Waals surface area contributed by atoms with Crippen LogP contribution in [0.4, 0.5) is 0 Å². The van der Waals surface area contributed by atoms with E-state index in [1.165, 1.54) is 64.2 Å². The molecule has 0 aromatic rings. The number of hydrogen-bond donors (Lipinski definition) is 2. The molecule has 0 amide bonds. The number of nitrogens with one attached hydrogen (secondary N) is 1. The van der Waals surface area contributed by atoms with Crippen molar-refractivity contribution < 1.29 is 5.11 Å². The maximum Gasteiger partial charge on any atom is 0.0828 e. The molecule has 3 saturated carbocycles. The van der Waals surface area contributed by atoms with E-state index in [9.17, 15) is 5.11 Å². The van der Waals surface area contributed by atoms with E-state index in [0.29, 0.717) is 18.0 Å². The van der Waals surface area contributed by atoms with Crippen LogP contribution in [0.25, 0.3) is 0 Å². The summed E-state index contributed by atoms with van der Waals surface area (Å²) in [7, 11) is 0. The zero-order chi connectivity index (χ0) is 13.3. The molecule has 0 aliphatic heterocycles. The van der Waals surface area contributed by atoms with Crippen molar-refractivity contribution >= 4 is 0 Å². The van der Waals surface area contributed by atoms with Crippen molar-refractivity contribution in [2.75, 3.05) is 0 Å². The van der Waals surface area contributed by atoms with Crippen molar-refractivity contribution in [3.8, 4) is 0 Å². The molecule has 0 heterocycles. The Bertz CT molecular complexity index is 304. The third-order valence-corrected chi connectivity index (χ3v) is 6.26. The third-order valence-electron chi connectivity index (χ3n) is 6.26. The standard InChI is InChI=1S/C17H31NO/c1-13-7-2-3-10-15(13)18-16-11-6-9-14-8-4-5-12-17(14,16)19/h13-16,18-19H,2-12H2,1H3/t13?,14-,15?,16?,17-/m1/s1. The van der Waals surface area contributed by atoms with E-state index in [1.807, 2.05) is 0 Å². The molecule has 3 unspecified atom stereocenters. The first-order chi connectivity index (χ1) is 9.20. The highest BCUT2D eigenvalue weighted by molar-refractivity contribution is 5.03. The molecule has 0 aromatic carbocycles. The van der Waals surface area contributed by atoms with Crippen LogP contribution in [-0.4, -0.2) is 22.8 Å². The molecule has 2 nitrogen and oxygen atoms in total. The van der Waals surface area contributed by atoms with Gasteiger partial charge in [-0.2, -0.15) is 0 Å². The Balaban J connectivity index is 1.68. The molecule has 3 aliphatic rings. The van der Waals surface area contributed by atoms with Crippen molar-refractivity contribution in [3.63, 3.8) is 0 Å². The van der Waals surface area contributed by atoms with Crippen LogP contribution >= 0.6 is 0 Å². The molecule has 0 bridgehead atoms. The highest BCUT2D eigenvalue weighted by Gasteiger charge is 2.47. The van der Waals surface area contributed by atoms with Crippen LogP contribution in [0, 0.1) is 11.8 Å². The van der Waals surface area contributed by atoms with E-state index in [1.54, 1.807) is 0 Å². The fraction of sp³-hybridized carbons (Fsp3) is 1.00. The molecule has 0 saturated heterocycles. The van der Waals surface area contributed by atoms with Crippen molar-refractivity contribution in [2.45, 2.75) is 95.2 Å². The lowest BCUT2D eigenvalue weighted by Crippen LogP contribution is -2.61. The summed E-state index contributed by atoms with van der Waals surface area (Å²) in [5.41, 5.74) is -0.381. The average molecular weight is 265 g/mol. The summed E-state index contributed by atoms with van der Waals surface area (Å²) in [5.74, 6) is 1.37. The van der Waals surface area contributed by atoms with Gasteiger partial charge in [-0.25, -0.2) is 0 Å². The normalized spacial score (nSPS) is 47.7. The molecule has 0 radical (unpaired) electrons. The zero-order valence-corrected chi connectivity index (χ0v) is 12.5. The predicted octanol–water partition coefficient (Wildman–Crippen LogP) is 3.63. The lowest BCUT2D eigenvalue weighted by molar-refractivity contribution is -0.103. The average Bonchev–Trinajstić information content (AvgIpc) is 2.42. The van der Waals surface area contributed by atoms with Gasteiger partial charge in [-0.1, -0.05) is 39.0 Å². The lowest BCUT2D eigenvalue weighted by atomic mass is 9.64. The minimum Gasteiger partial charge on any atom is -0.388 e. The molecule has 3 rings (SSSR count). The summed E-state index contributed by atoms with van der Waals surface area (Å²) in [6.45, 7) is 2.39. The van der Waals surface area contributed by atoms with Gasteiger partial charge in [-0.3, -0.25) is 0 Å². The van der Waals surface area contributed by atoms with Gasteiger partial charge in [0.1, 0.15) is 0 Å². The van der Waals surface area contributed by atoms with Crippen LogP contribution in [0.15, 0.2) is 0 Å². The first-order valence-electron chi connectivity index (χ1n) is 8.68. The monoisotopic (exact) mass is 265 g/mol. The lowest BCUT2D eigenvalue weighted by Gasteiger charge is -2.51. The Morgan fingerprint density at radius 3 is 2.47 bits per heavy atom. The van der Waals surface area contributed by atoms with E-state index in [-0.39, 0.29) is 5.60 Å². The minimum absolute atomic E-state index is 0.372. The molecule has 0 aromatic heterocycles. The smallest absolute Gasteiger partial charge is 0.0828 e. The second-order valence-electron chi connectivity index (χ2n) is 7.45. The second kappa shape index (κ2) is 5.73. The van der Waals surface area contributed by atoms with Crippen molar-refractivity contribution in [1.29, 1.82) is 0 Å². The molecule has 110 valence electrons. The van der Waals surface area contributed by atoms with E-state index in [0.717, 1.165) is 12.3 Å². The van der Waals surface area contributed by atoms with Gasteiger partial charge in [0.25, 0.3) is 0 Å². The SMILES string of the molecule is CC1CCCCC1NC1CCC[C@H]2CCCC[C@]12O. The molecule has 2 N–H and O–H groups in total. The van der Waals surface area contributed by atoms with Gasteiger partial charge < -0.3 is 10.4 Å². The van der Waals surface area contributed by atoms with Gasteiger partial charge in [0.2, 0.25) is 0 Å². The first-order valence-corrected chi connectivity index (χ1v) is 8.68. The van der Waals surface area contributed by atoms with Gasteiger partial charge in [-0.15, -0.1) is 0 Å². The van der Waals surface area contributed by atoms with Crippen molar-refractivity contribution in [3.05, 3.63) is 0 Å². The van der Waals surface area contributed by atoms with Crippen LogP contribution in [0.3, 0.4) is 0 Å². The Morgan fingerprint density at radius 2 is 1.63 bits per heavy atom. The largest absolute Gasteiger partial charge is 0.388 e. The van der Waals surface area contributed by atoms with Crippen LogP contribution < -0.4 is 5.32 Å². The first kappa shape index (κ1) is 13.9. The predicted molar refractivity (Wildman–Crippen MR) is 79.1 cm³/mol. The van der Waals surface area contributed by atoms with Gasteiger partial charge >= 0.3 is 0 Å². The number of hydrogen-bond acceptors (Lipinski definition) is 2. The van der Waals surface area contributed by atoms with E-state index in [2.05, 4.69) is 12.2 Å². The number of aliphatic hydroxyl groups is 1. The number of rotatable bonds is 2. The summed E-state index contributed by atoms with van der Waals surface area (Å²) >= 11 is 0. The molecule has 2 heteroatoms. The summed E-state index contributed by atoms with van der Waals surface area (Å²) in [4.78, 5) is 0. The van der Waals surface area contributed by atoms with Gasteiger partial charge in [0.05, 0.1) is 5.60 Å². The summed E-state index contributed by atoms with van der Waals surface area (Å²) in [6, 6.07) is 1.03. The summed E-state index contributed by atoms with van der Waals surface area (Å²) in [5, 5.41) is 15.1. The maximum atomic E-state index is 11.2. The minimum atomic E-state index is -0.381. The van der Waals surface area contributed by atoms with E-state index >= 15 is 0 Å². The molecule has 5 atom stereocenters. The van der Waals surface area contributed by atoms with Crippen LogP contribution in [0.5, 0.6) is 0 Å². The van der Waals surface area contributed by atoms with Crippen LogP contribution in [0.2, 0.25) is 0 Å². The fourth-order valence-electron chi connectivity index (χ4n) is 4.97. The van der Waals surface area contributed by atoms with E-state index in [4.69, 9.17) is 0 Å². The highest BCUT2D eigenvalue weighted by atomic mass is 16.3. The quantitative estimate of drug-likeness (QED) is 0.799. The Morgan fingerprint density at radius 1 is 0.895 bits per heavy atom. The van der Waals surface area contributed by atoms with E-state index < -0.39 is 0 Å². The fourth-order valence-corrected chi connectivity index (χ4v) is 4.97. The second-order valence-corrected chi connectivity index (χ2v) is 7.45. The molecule has 0 spiro atoms. The van der Waals surface area contributed by atoms with Gasteiger partial charge in [0.15, 0.2) is 0 Å². The Hall–Kier alpha value is -0.0800. The maximum absolute atomic E-state index is 11.2. The van der Waals surface area contributed by atoms with Gasteiger partial charge in [0, 0.05) is 12.1 Å². The summed E-state index contributed by atoms with van der Waals surface area (Å²) < 4.78 is 0. The van der Waals surface area contributed by atoms with Crippen LogP contribution in [0.1, 0.15) is 77.6 Å². The molecular weight excluding hydrogens is 234 g/mol. The van der Waals surface area contributed by atoms with Crippen LogP contribution in [-0.2, 0) is 0 Å². The molecular formula is C17H31NO. The molecule has 3 aliphatic carbocycles. The van der Waals surface area contributed by atoms with Crippen molar-refractivity contribution in [2.24, 2.45) is 11.8 Å². The Labute approximate surface area is 118 Å². The molecule has 3 fully saturated rings. The Kier molecular flexibility index (Phi) is 4.19. The van der Waals surface area contributed by atoms with Gasteiger partial charge in [-0.05, 0) is 50.4 Å². The zero-order valence-electron chi connectivity index (χ0n) is 12.5. The topological polar surface area (TPSA) is 32.3 Å². The third kappa shape index (κ3) is 2.71. The molecule has 19 heavy (non-hydrogen) atoms. The highest BCUT2D eigenvalue weighted by Crippen LogP contribution is 2.44.